The number of hydrogen-bond donors (Lipinski definition) is 1. The number of pyridine rings is 1. The van der Waals surface area contributed by atoms with Gasteiger partial charge < -0.3 is 24.2 Å². The summed E-state index contributed by atoms with van der Waals surface area (Å²) in [6, 6.07) is 6.68. The number of benzene rings is 1. The maximum Gasteiger partial charge on any atom is 0.416 e. The lowest BCUT2D eigenvalue weighted by Gasteiger charge is -2.43. The molecule has 248 valence electrons. The molecule has 1 aromatic carbocycles. The topological polar surface area (TPSA) is 127 Å². The molecule has 0 aliphatic carbocycles. The van der Waals surface area contributed by atoms with Crippen molar-refractivity contribution >= 4 is 23.7 Å². The van der Waals surface area contributed by atoms with Crippen LogP contribution in [0, 0.1) is 0 Å². The third kappa shape index (κ3) is 8.12. The number of nitrogens with zero attached hydrogens (tertiary/aromatic N) is 5. The van der Waals surface area contributed by atoms with E-state index in [2.05, 4.69) is 15.0 Å². The molecule has 15 heteroatoms. The SMILES string of the molecule is CCOC(=O)N1c2ccc(OC)nc2[C@@H](N(Cc2cc(CF)cc(C(F)(F)F)c2)c2nccc(OCCCC(=O)O)n2)C[C@H]1CC. The van der Waals surface area contributed by atoms with E-state index in [0.717, 1.165) is 12.1 Å². The first-order valence-corrected chi connectivity index (χ1v) is 14.7. The summed E-state index contributed by atoms with van der Waals surface area (Å²) in [6.07, 6.45) is -3.03. The minimum atomic E-state index is -4.72. The fourth-order valence-electron chi connectivity index (χ4n) is 5.31. The van der Waals surface area contributed by atoms with E-state index in [0.29, 0.717) is 17.8 Å². The van der Waals surface area contributed by atoms with Crippen molar-refractivity contribution in [1.29, 1.82) is 0 Å². The highest BCUT2D eigenvalue weighted by Crippen LogP contribution is 2.43. The van der Waals surface area contributed by atoms with E-state index in [1.54, 1.807) is 24.0 Å². The highest BCUT2D eigenvalue weighted by atomic mass is 19.4. The third-order valence-electron chi connectivity index (χ3n) is 7.38. The largest absolute Gasteiger partial charge is 0.481 e. The Balaban J connectivity index is 1.86. The predicted octanol–water partition coefficient (Wildman–Crippen LogP) is 6.51. The van der Waals surface area contributed by atoms with E-state index in [1.165, 1.54) is 30.3 Å². The van der Waals surface area contributed by atoms with Gasteiger partial charge in [-0.2, -0.15) is 18.2 Å². The number of ether oxygens (including phenoxy) is 3. The van der Waals surface area contributed by atoms with Crippen LogP contribution in [0.25, 0.3) is 0 Å². The smallest absolute Gasteiger partial charge is 0.416 e. The Morgan fingerprint density at radius 3 is 2.50 bits per heavy atom. The second-order valence-electron chi connectivity index (χ2n) is 10.5. The molecule has 0 saturated carbocycles. The summed E-state index contributed by atoms with van der Waals surface area (Å²) in [5.74, 6) is -0.565. The Morgan fingerprint density at radius 1 is 1.09 bits per heavy atom. The van der Waals surface area contributed by atoms with Crippen LogP contribution in [-0.2, 0) is 28.9 Å². The van der Waals surface area contributed by atoms with Crippen molar-refractivity contribution in [2.24, 2.45) is 0 Å². The fourth-order valence-corrected chi connectivity index (χ4v) is 5.31. The van der Waals surface area contributed by atoms with Crippen molar-refractivity contribution in [2.45, 2.75) is 71.0 Å². The Hall–Kier alpha value is -4.69. The summed E-state index contributed by atoms with van der Waals surface area (Å²) in [7, 11) is 1.43. The Morgan fingerprint density at radius 2 is 1.85 bits per heavy atom. The molecule has 0 unspecified atom stereocenters. The molecule has 2 aromatic heterocycles. The number of alkyl halides is 4. The monoisotopic (exact) mass is 649 g/mol. The standard InChI is InChI=1S/C31H35F4N5O6/c1-4-22-16-24(28-23(8-9-25(37-28)44-3)40(22)30(43)45-5-2)39(18-20-13-19(17-32)14-21(15-20)31(33,34)35)29-36-11-10-26(38-29)46-12-6-7-27(41)42/h8-11,13-15,22,24H,4-7,12,16-18H2,1-3H3,(H,41,42)/t22-,24+/m1/s1. The number of carboxylic acid groups (broad SMARTS) is 1. The van der Waals surface area contributed by atoms with Gasteiger partial charge in [-0.3, -0.25) is 9.69 Å². The van der Waals surface area contributed by atoms with Crippen LogP contribution < -0.4 is 19.3 Å². The number of hydrogen-bond acceptors (Lipinski definition) is 9. The van der Waals surface area contributed by atoms with Gasteiger partial charge in [0.05, 0.1) is 43.3 Å². The minimum Gasteiger partial charge on any atom is -0.481 e. The maximum absolute atomic E-state index is 13.8. The number of carbonyl (C=O) groups is 2. The average molecular weight is 650 g/mol. The zero-order valence-electron chi connectivity index (χ0n) is 25.6. The average Bonchev–Trinajstić information content (AvgIpc) is 3.04. The van der Waals surface area contributed by atoms with Crippen LogP contribution in [-0.4, -0.2) is 58.5 Å². The van der Waals surface area contributed by atoms with Gasteiger partial charge in [0.1, 0.15) is 6.67 Å². The summed E-state index contributed by atoms with van der Waals surface area (Å²) >= 11 is 0. The molecule has 1 amide bonds. The van der Waals surface area contributed by atoms with Gasteiger partial charge in [-0.15, -0.1) is 0 Å². The van der Waals surface area contributed by atoms with Gasteiger partial charge in [-0.1, -0.05) is 13.0 Å². The maximum atomic E-state index is 13.8. The Bertz CT molecular complexity index is 1520. The Labute approximate surface area is 263 Å². The summed E-state index contributed by atoms with van der Waals surface area (Å²) in [5.41, 5.74) is -0.222. The number of fused-ring (bicyclic) bond motifs is 1. The zero-order chi connectivity index (χ0) is 33.4. The number of anilines is 2. The van der Waals surface area contributed by atoms with E-state index in [1.807, 2.05) is 6.92 Å². The number of rotatable bonds is 13. The molecule has 2 atom stereocenters. The van der Waals surface area contributed by atoms with Crippen LogP contribution in [0.4, 0.5) is 34.0 Å². The lowest BCUT2D eigenvalue weighted by Crippen LogP contribution is -2.48. The lowest BCUT2D eigenvalue weighted by atomic mass is 9.92. The molecule has 3 heterocycles. The summed E-state index contributed by atoms with van der Waals surface area (Å²) in [6.45, 7) is 2.47. The normalized spacial score (nSPS) is 16.0. The second kappa shape index (κ2) is 15.1. The number of aliphatic carboxylic acids is 1. The molecule has 3 aromatic rings. The van der Waals surface area contributed by atoms with Gasteiger partial charge in [0.2, 0.25) is 17.7 Å². The molecule has 0 radical (unpaired) electrons. The minimum absolute atomic E-state index is 0.0493. The molecule has 0 spiro atoms. The highest BCUT2D eigenvalue weighted by Gasteiger charge is 2.41. The lowest BCUT2D eigenvalue weighted by molar-refractivity contribution is -0.138. The molecule has 1 N–H and O–H groups in total. The van der Waals surface area contributed by atoms with Gasteiger partial charge in [0.15, 0.2) is 0 Å². The number of amides is 1. The zero-order valence-corrected chi connectivity index (χ0v) is 25.6. The molecule has 4 rings (SSSR count). The summed E-state index contributed by atoms with van der Waals surface area (Å²) in [4.78, 5) is 40.8. The third-order valence-corrected chi connectivity index (χ3v) is 7.38. The molecule has 1 aliphatic heterocycles. The summed E-state index contributed by atoms with van der Waals surface area (Å²) < 4.78 is 71.6. The van der Waals surface area contributed by atoms with Gasteiger partial charge in [-0.05, 0) is 55.5 Å². The first kappa shape index (κ1) is 34.2. The number of carbonyl (C=O) groups excluding carboxylic acids is 1. The first-order chi connectivity index (χ1) is 22.0. The number of carboxylic acids is 1. The van der Waals surface area contributed by atoms with Gasteiger partial charge in [0.25, 0.3) is 0 Å². The molecule has 0 fully saturated rings. The van der Waals surface area contributed by atoms with Crippen LogP contribution in [0.1, 0.15) is 68.0 Å². The molecule has 1 aliphatic rings. The number of halogens is 4. The van der Waals surface area contributed by atoms with Crippen LogP contribution >= 0.6 is 0 Å². The van der Waals surface area contributed by atoms with Crippen molar-refractivity contribution in [3.8, 4) is 11.8 Å². The fraction of sp³-hybridized carbons (Fsp3) is 0.452. The van der Waals surface area contributed by atoms with Gasteiger partial charge >= 0.3 is 18.2 Å². The van der Waals surface area contributed by atoms with Crippen LogP contribution in [0.15, 0.2) is 42.6 Å². The second-order valence-corrected chi connectivity index (χ2v) is 10.5. The molecular formula is C31H35F4N5O6. The van der Waals surface area contributed by atoms with Crippen LogP contribution in [0.3, 0.4) is 0 Å². The van der Waals surface area contributed by atoms with E-state index in [-0.39, 0.29) is 67.9 Å². The van der Waals surface area contributed by atoms with E-state index in [9.17, 15) is 27.2 Å². The Kier molecular flexibility index (Phi) is 11.2. The molecule has 11 nitrogen and oxygen atoms in total. The molecular weight excluding hydrogens is 614 g/mol. The van der Waals surface area contributed by atoms with E-state index in [4.69, 9.17) is 19.3 Å². The predicted molar refractivity (Wildman–Crippen MR) is 159 cm³/mol. The van der Waals surface area contributed by atoms with E-state index >= 15 is 0 Å². The molecule has 46 heavy (non-hydrogen) atoms. The van der Waals surface area contributed by atoms with Gasteiger partial charge in [-0.25, -0.2) is 19.2 Å². The quantitative estimate of drug-likeness (QED) is 0.162. The summed E-state index contributed by atoms with van der Waals surface area (Å²) in [5, 5.41) is 8.93. The molecule has 0 saturated heterocycles. The number of methoxy groups -OCH3 is 1. The van der Waals surface area contributed by atoms with Crippen molar-refractivity contribution in [3.63, 3.8) is 0 Å². The van der Waals surface area contributed by atoms with Crippen molar-refractivity contribution in [3.05, 3.63) is 65.0 Å². The van der Waals surface area contributed by atoms with Crippen molar-refractivity contribution < 1.29 is 46.5 Å². The van der Waals surface area contributed by atoms with E-state index < -0.39 is 42.6 Å². The van der Waals surface area contributed by atoms with Crippen molar-refractivity contribution in [1.82, 2.24) is 15.0 Å². The molecule has 0 bridgehead atoms. The first-order valence-electron chi connectivity index (χ1n) is 14.7. The number of aromatic nitrogens is 3. The van der Waals surface area contributed by atoms with Gasteiger partial charge in [0, 0.05) is 37.3 Å². The highest BCUT2D eigenvalue weighted by molar-refractivity contribution is 5.90. The van der Waals surface area contributed by atoms with Crippen LogP contribution in [0.5, 0.6) is 11.8 Å². The van der Waals surface area contributed by atoms with Crippen LogP contribution in [0.2, 0.25) is 0 Å². The van der Waals surface area contributed by atoms with Crippen molar-refractivity contribution in [2.75, 3.05) is 30.1 Å².